The molecule has 1 saturated carbocycles. The number of hydrogen-bond acceptors (Lipinski definition) is 1. The maximum Gasteiger partial charge on any atom is 0.0446 e. The standard InChI is InChI=1S/C21H24ClN/c22-21-16-17(8-7-15-23-19-11-5-2-6-12-19)13-14-20(21)18-9-3-1-4-10-18/h2,5-8,11-14,16,18,23H,1,3-4,9-10,15H2/b8-7+. The van der Waals surface area contributed by atoms with E-state index in [-0.39, 0.29) is 0 Å². The molecule has 2 aromatic rings. The van der Waals surface area contributed by atoms with Crippen molar-refractivity contribution < 1.29 is 0 Å². The van der Waals surface area contributed by atoms with Crippen LogP contribution in [0.5, 0.6) is 0 Å². The van der Waals surface area contributed by atoms with Gasteiger partial charge in [0.25, 0.3) is 0 Å². The SMILES string of the molecule is Clc1cc(/C=C/CNc2ccccc2)ccc1C1CCCCC1. The van der Waals surface area contributed by atoms with Gasteiger partial charge < -0.3 is 5.32 Å². The van der Waals surface area contributed by atoms with Gasteiger partial charge in [0, 0.05) is 17.3 Å². The van der Waals surface area contributed by atoms with Crippen LogP contribution in [0, 0.1) is 0 Å². The van der Waals surface area contributed by atoms with Crippen LogP contribution >= 0.6 is 11.6 Å². The Kier molecular flexibility index (Phi) is 5.76. The molecule has 0 radical (unpaired) electrons. The first kappa shape index (κ1) is 16.1. The summed E-state index contributed by atoms with van der Waals surface area (Å²) in [5.41, 5.74) is 3.65. The van der Waals surface area contributed by atoms with Gasteiger partial charge in [0.1, 0.15) is 0 Å². The Morgan fingerprint density at radius 2 is 1.78 bits per heavy atom. The number of rotatable bonds is 5. The quantitative estimate of drug-likeness (QED) is 0.660. The molecular formula is C21H24ClN. The molecule has 0 aliphatic heterocycles. The summed E-state index contributed by atoms with van der Waals surface area (Å²) < 4.78 is 0. The highest BCUT2D eigenvalue weighted by Crippen LogP contribution is 2.36. The van der Waals surface area contributed by atoms with Crippen LogP contribution in [0.1, 0.15) is 49.1 Å². The Labute approximate surface area is 144 Å². The molecule has 0 atom stereocenters. The average Bonchev–Trinajstić information content (AvgIpc) is 2.60. The second kappa shape index (κ2) is 8.21. The molecule has 3 rings (SSSR count). The van der Waals surface area contributed by atoms with Crippen molar-refractivity contribution in [1.82, 2.24) is 0 Å². The average molecular weight is 326 g/mol. The van der Waals surface area contributed by atoms with Crippen molar-refractivity contribution in [3.8, 4) is 0 Å². The van der Waals surface area contributed by atoms with E-state index in [4.69, 9.17) is 11.6 Å². The molecular weight excluding hydrogens is 302 g/mol. The highest BCUT2D eigenvalue weighted by atomic mass is 35.5. The van der Waals surface area contributed by atoms with Gasteiger partial charge in [-0.25, -0.2) is 0 Å². The van der Waals surface area contributed by atoms with Gasteiger partial charge in [0.15, 0.2) is 0 Å². The first-order chi connectivity index (χ1) is 11.3. The molecule has 1 N–H and O–H groups in total. The fourth-order valence-electron chi connectivity index (χ4n) is 3.32. The summed E-state index contributed by atoms with van der Waals surface area (Å²) in [6.07, 6.45) is 10.9. The summed E-state index contributed by atoms with van der Waals surface area (Å²) in [4.78, 5) is 0. The molecule has 0 bridgehead atoms. The fraction of sp³-hybridized carbons (Fsp3) is 0.333. The van der Waals surface area contributed by atoms with Crippen LogP contribution in [0.3, 0.4) is 0 Å². The number of para-hydroxylation sites is 1. The van der Waals surface area contributed by atoms with Crippen LogP contribution in [0.2, 0.25) is 5.02 Å². The Morgan fingerprint density at radius 1 is 1.00 bits per heavy atom. The van der Waals surface area contributed by atoms with E-state index >= 15 is 0 Å². The second-order valence-electron chi connectivity index (χ2n) is 6.27. The monoisotopic (exact) mass is 325 g/mol. The van der Waals surface area contributed by atoms with Gasteiger partial charge in [0.2, 0.25) is 0 Å². The van der Waals surface area contributed by atoms with Crippen LogP contribution < -0.4 is 5.32 Å². The van der Waals surface area contributed by atoms with Crippen LogP contribution in [-0.4, -0.2) is 6.54 Å². The van der Waals surface area contributed by atoms with Gasteiger partial charge in [-0.15, -0.1) is 0 Å². The fourth-order valence-corrected chi connectivity index (χ4v) is 3.66. The van der Waals surface area contributed by atoms with Crippen molar-refractivity contribution in [2.45, 2.75) is 38.0 Å². The summed E-state index contributed by atoms with van der Waals surface area (Å²) in [6, 6.07) is 16.8. The van der Waals surface area contributed by atoms with Crippen molar-refractivity contribution in [3.63, 3.8) is 0 Å². The molecule has 1 aliphatic rings. The van der Waals surface area contributed by atoms with Crippen molar-refractivity contribution >= 4 is 23.4 Å². The minimum atomic E-state index is 0.661. The molecule has 0 heterocycles. The Hall–Kier alpha value is -1.73. The molecule has 0 spiro atoms. The van der Waals surface area contributed by atoms with Crippen molar-refractivity contribution in [3.05, 3.63) is 70.8 Å². The minimum absolute atomic E-state index is 0.661. The second-order valence-corrected chi connectivity index (χ2v) is 6.67. The molecule has 0 saturated heterocycles. The largest absolute Gasteiger partial charge is 0.382 e. The number of hydrogen-bond donors (Lipinski definition) is 1. The van der Waals surface area contributed by atoms with Crippen molar-refractivity contribution in [2.75, 3.05) is 11.9 Å². The summed E-state index contributed by atoms with van der Waals surface area (Å²) in [6.45, 7) is 0.812. The Morgan fingerprint density at radius 3 is 2.52 bits per heavy atom. The molecule has 2 heteroatoms. The van der Waals surface area contributed by atoms with E-state index in [0.717, 1.165) is 17.3 Å². The van der Waals surface area contributed by atoms with E-state index < -0.39 is 0 Å². The zero-order chi connectivity index (χ0) is 15.9. The lowest BCUT2D eigenvalue weighted by Gasteiger charge is -2.23. The lowest BCUT2D eigenvalue weighted by Crippen LogP contribution is -2.05. The molecule has 1 nitrogen and oxygen atoms in total. The van der Waals surface area contributed by atoms with Crippen molar-refractivity contribution in [2.24, 2.45) is 0 Å². The van der Waals surface area contributed by atoms with Gasteiger partial charge in [0.05, 0.1) is 0 Å². The first-order valence-electron chi connectivity index (χ1n) is 8.58. The summed E-state index contributed by atoms with van der Waals surface area (Å²) in [7, 11) is 0. The van der Waals surface area contributed by atoms with E-state index in [9.17, 15) is 0 Å². The highest BCUT2D eigenvalue weighted by Gasteiger charge is 2.17. The summed E-state index contributed by atoms with van der Waals surface area (Å²) in [5.74, 6) is 0.661. The maximum atomic E-state index is 6.52. The number of benzene rings is 2. The molecule has 120 valence electrons. The van der Waals surface area contributed by atoms with Gasteiger partial charge in [-0.2, -0.15) is 0 Å². The van der Waals surface area contributed by atoms with Crippen molar-refractivity contribution in [1.29, 1.82) is 0 Å². The third kappa shape index (κ3) is 4.62. The van der Waals surface area contributed by atoms with Gasteiger partial charge >= 0.3 is 0 Å². The van der Waals surface area contributed by atoms with E-state index in [0.29, 0.717) is 5.92 Å². The third-order valence-corrected chi connectivity index (χ3v) is 4.90. The first-order valence-corrected chi connectivity index (χ1v) is 8.95. The number of anilines is 1. The maximum absolute atomic E-state index is 6.52. The van der Waals surface area contributed by atoms with Crippen LogP contribution in [0.15, 0.2) is 54.6 Å². The number of nitrogens with one attached hydrogen (secondary N) is 1. The normalized spacial score (nSPS) is 15.9. The van der Waals surface area contributed by atoms with Crippen LogP contribution in [0.25, 0.3) is 6.08 Å². The van der Waals surface area contributed by atoms with E-state index in [1.54, 1.807) is 0 Å². The van der Waals surface area contributed by atoms with Crippen LogP contribution in [-0.2, 0) is 0 Å². The zero-order valence-electron chi connectivity index (χ0n) is 13.5. The third-order valence-electron chi connectivity index (χ3n) is 4.58. The summed E-state index contributed by atoms with van der Waals surface area (Å²) in [5, 5.41) is 4.30. The van der Waals surface area contributed by atoms with Gasteiger partial charge in [-0.1, -0.05) is 73.3 Å². The Bertz CT molecular complexity index is 642. The number of halogens is 1. The topological polar surface area (TPSA) is 12.0 Å². The van der Waals surface area contributed by atoms with Gasteiger partial charge in [-0.05, 0) is 48.1 Å². The Balaban J connectivity index is 1.58. The lowest BCUT2D eigenvalue weighted by atomic mass is 9.84. The van der Waals surface area contributed by atoms with E-state index in [1.807, 2.05) is 18.2 Å². The zero-order valence-corrected chi connectivity index (χ0v) is 14.2. The molecule has 23 heavy (non-hydrogen) atoms. The predicted octanol–water partition coefficient (Wildman–Crippen LogP) is 6.51. The molecule has 2 aromatic carbocycles. The summed E-state index contributed by atoms with van der Waals surface area (Å²) >= 11 is 6.52. The predicted molar refractivity (Wildman–Crippen MR) is 101 cm³/mol. The van der Waals surface area contributed by atoms with E-state index in [1.165, 1.54) is 43.2 Å². The van der Waals surface area contributed by atoms with Gasteiger partial charge in [-0.3, -0.25) is 0 Å². The van der Waals surface area contributed by atoms with Crippen LogP contribution in [0.4, 0.5) is 5.69 Å². The highest BCUT2D eigenvalue weighted by molar-refractivity contribution is 6.31. The molecule has 0 amide bonds. The molecule has 1 fully saturated rings. The minimum Gasteiger partial charge on any atom is -0.382 e. The van der Waals surface area contributed by atoms with E-state index in [2.05, 4.69) is 47.8 Å². The molecule has 1 aliphatic carbocycles. The molecule has 0 unspecified atom stereocenters. The lowest BCUT2D eigenvalue weighted by molar-refractivity contribution is 0.444. The smallest absolute Gasteiger partial charge is 0.0446 e. The molecule has 0 aromatic heterocycles.